The van der Waals surface area contributed by atoms with E-state index in [0.29, 0.717) is 17.3 Å². The maximum Gasteiger partial charge on any atom is 0.223 e. The molecule has 0 radical (unpaired) electrons. The summed E-state index contributed by atoms with van der Waals surface area (Å²) in [5.41, 5.74) is 6.26. The number of nitrogens with zero attached hydrogens (tertiary/aromatic N) is 3. The molecule has 0 aliphatic rings. The monoisotopic (exact) mass is 262 g/mol. The number of carbonyl (C=O) groups excluding carboxylic acids is 1. The molecule has 1 amide bonds. The van der Waals surface area contributed by atoms with E-state index in [1.54, 1.807) is 12.1 Å². The van der Waals surface area contributed by atoms with Gasteiger partial charge in [-0.1, -0.05) is 17.3 Å². The molecule has 2 aromatic rings. The van der Waals surface area contributed by atoms with Gasteiger partial charge in [0, 0.05) is 0 Å². The molecule has 4 N–H and O–H groups in total. The molecular formula is C11H14N6O2. The van der Waals surface area contributed by atoms with E-state index in [1.807, 2.05) is 12.1 Å². The van der Waals surface area contributed by atoms with E-state index < -0.39 is 0 Å². The van der Waals surface area contributed by atoms with Gasteiger partial charge in [0.2, 0.25) is 5.91 Å². The van der Waals surface area contributed by atoms with Crippen molar-refractivity contribution in [3.63, 3.8) is 0 Å². The van der Waals surface area contributed by atoms with Gasteiger partial charge in [-0.05, 0) is 12.1 Å². The highest BCUT2D eigenvalue weighted by Crippen LogP contribution is 2.19. The summed E-state index contributed by atoms with van der Waals surface area (Å²) in [4.78, 5) is 11.5. The maximum atomic E-state index is 11.5. The average molecular weight is 262 g/mol. The van der Waals surface area contributed by atoms with Gasteiger partial charge < -0.3 is 15.8 Å². The number of hydrogen-bond acceptors (Lipinski definition) is 6. The van der Waals surface area contributed by atoms with E-state index in [0.717, 1.165) is 0 Å². The average Bonchev–Trinajstić information content (AvgIpc) is 2.92. The minimum atomic E-state index is -0.153. The largest absolute Gasteiger partial charge is 0.491 e. The quantitative estimate of drug-likeness (QED) is 0.624. The molecule has 8 heteroatoms. The summed E-state index contributed by atoms with van der Waals surface area (Å²) in [5, 5.41) is 15.8. The molecule has 0 saturated heterocycles. The first-order chi connectivity index (χ1) is 9.25. The van der Waals surface area contributed by atoms with Crippen LogP contribution in [0.5, 0.6) is 5.75 Å². The number of amides is 1. The summed E-state index contributed by atoms with van der Waals surface area (Å²) in [6.07, 6.45) is 0.228. The number of nitrogens with two attached hydrogens (primary N) is 1. The number of aromatic amines is 1. The van der Waals surface area contributed by atoms with Gasteiger partial charge in [-0.15, -0.1) is 10.2 Å². The van der Waals surface area contributed by atoms with E-state index in [9.17, 15) is 4.79 Å². The molecule has 100 valence electrons. The topological polar surface area (TPSA) is 119 Å². The number of tetrazole rings is 1. The summed E-state index contributed by atoms with van der Waals surface area (Å²) >= 11 is 0. The molecule has 1 aromatic heterocycles. The van der Waals surface area contributed by atoms with Crippen molar-refractivity contribution < 1.29 is 9.53 Å². The van der Waals surface area contributed by atoms with Gasteiger partial charge >= 0.3 is 0 Å². The van der Waals surface area contributed by atoms with Gasteiger partial charge in [0.05, 0.1) is 25.3 Å². The molecule has 1 heterocycles. The summed E-state index contributed by atoms with van der Waals surface area (Å²) in [7, 11) is 0. The Bertz CT molecular complexity index is 528. The smallest absolute Gasteiger partial charge is 0.223 e. The molecule has 19 heavy (non-hydrogen) atoms. The zero-order valence-corrected chi connectivity index (χ0v) is 10.2. The molecule has 2 rings (SSSR count). The van der Waals surface area contributed by atoms with Crippen molar-refractivity contribution in [1.82, 2.24) is 25.9 Å². The number of H-pyrrole nitrogens is 1. The third kappa shape index (κ3) is 3.95. The van der Waals surface area contributed by atoms with Crippen LogP contribution in [-0.4, -0.2) is 33.1 Å². The molecule has 0 aliphatic heterocycles. The van der Waals surface area contributed by atoms with Gasteiger partial charge in [0.15, 0.2) is 5.82 Å². The van der Waals surface area contributed by atoms with Crippen LogP contribution in [0, 0.1) is 0 Å². The number of ether oxygens (including phenoxy) is 1. The number of carbonyl (C=O) groups is 1. The van der Waals surface area contributed by atoms with Crippen molar-refractivity contribution in [1.29, 1.82) is 0 Å². The Balaban J connectivity index is 1.68. The molecular weight excluding hydrogens is 248 g/mol. The zero-order chi connectivity index (χ0) is 13.5. The van der Waals surface area contributed by atoms with Gasteiger partial charge in [-0.2, -0.15) is 5.21 Å². The number of para-hydroxylation sites is 2. The summed E-state index contributed by atoms with van der Waals surface area (Å²) in [5.74, 6) is 0.856. The third-order valence-electron chi connectivity index (χ3n) is 2.34. The molecule has 0 atom stereocenters. The second kappa shape index (κ2) is 6.34. The Kier molecular flexibility index (Phi) is 4.27. The highest BCUT2D eigenvalue weighted by atomic mass is 16.5. The Hall–Kier alpha value is -2.64. The van der Waals surface area contributed by atoms with Crippen LogP contribution in [0.15, 0.2) is 24.3 Å². The van der Waals surface area contributed by atoms with Gasteiger partial charge in [0.1, 0.15) is 5.75 Å². The lowest BCUT2D eigenvalue weighted by atomic mass is 10.3. The fraction of sp³-hybridized carbons (Fsp3) is 0.273. The predicted octanol–water partition coefficient (Wildman–Crippen LogP) is -0.133. The highest BCUT2D eigenvalue weighted by molar-refractivity contribution is 5.75. The molecule has 0 aliphatic carbocycles. The standard InChI is InChI=1S/C11H14N6O2/c12-8-3-1-2-4-9(8)19-6-5-11(18)13-7-10-14-16-17-15-10/h1-4H,5-7,12H2,(H,13,18)(H,14,15,16,17). The number of nitrogens with one attached hydrogen (secondary N) is 2. The van der Waals surface area contributed by atoms with Crippen molar-refractivity contribution in [2.45, 2.75) is 13.0 Å². The lowest BCUT2D eigenvalue weighted by molar-refractivity contribution is -0.121. The van der Waals surface area contributed by atoms with Gasteiger partial charge in [0.25, 0.3) is 0 Å². The molecule has 0 spiro atoms. The summed E-state index contributed by atoms with van der Waals surface area (Å²) in [6, 6.07) is 7.14. The Morgan fingerprint density at radius 1 is 1.42 bits per heavy atom. The van der Waals surface area contributed by atoms with Crippen molar-refractivity contribution in [3.8, 4) is 5.75 Å². The second-order valence-electron chi connectivity index (χ2n) is 3.74. The van der Waals surface area contributed by atoms with Crippen LogP contribution in [0.2, 0.25) is 0 Å². The van der Waals surface area contributed by atoms with Crippen molar-refractivity contribution in [2.24, 2.45) is 0 Å². The number of nitrogen functional groups attached to an aromatic ring is 1. The van der Waals surface area contributed by atoms with E-state index in [1.165, 1.54) is 0 Å². The number of anilines is 1. The first-order valence-electron chi connectivity index (χ1n) is 5.72. The molecule has 1 aromatic carbocycles. The minimum absolute atomic E-state index is 0.153. The van der Waals surface area contributed by atoms with E-state index >= 15 is 0 Å². The van der Waals surface area contributed by atoms with Gasteiger partial charge in [-0.3, -0.25) is 4.79 Å². The van der Waals surface area contributed by atoms with E-state index in [-0.39, 0.29) is 25.5 Å². The summed E-state index contributed by atoms with van der Waals surface area (Å²) < 4.78 is 5.41. The predicted molar refractivity (Wildman–Crippen MR) is 67.0 cm³/mol. The molecule has 0 fully saturated rings. The molecule has 0 saturated carbocycles. The van der Waals surface area contributed by atoms with Crippen LogP contribution >= 0.6 is 0 Å². The Labute approximate surface area is 109 Å². The lowest BCUT2D eigenvalue weighted by Gasteiger charge is -2.08. The lowest BCUT2D eigenvalue weighted by Crippen LogP contribution is -2.25. The third-order valence-corrected chi connectivity index (χ3v) is 2.34. The Morgan fingerprint density at radius 3 is 3.00 bits per heavy atom. The first-order valence-corrected chi connectivity index (χ1v) is 5.72. The second-order valence-corrected chi connectivity index (χ2v) is 3.74. The number of benzene rings is 1. The van der Waals surface area contributed by atoms with Crippen LogP contribution in [0.25, 0.3) is 0 Å². The maximum absolute atomic E-state index is 11.5. The molecule has 0 unspecified atom stereocenters. The fourth-order valence-corrected chi connectivity index (χ4v) is 1.39. The normalized spacial score (nSPS) is 10.1. The fourth-order valence-electron chi connectivity index (χ4n) is 1.39. The minimum Gasteiger partial charge on any atom is -0.491 e. The molecule has 0 bridgehead atoms. The highest BCUT2D eigenvalue weighted by Gasteiger charge is 2.05. The van der Waals surface area contributed by atoms with Gasteiger partial charge in [-0.25, -0.2) is 0 Å². The van der Waals surface area contributed by atoms with Crippen LogP contribution in [0.4, 0.5) is 5.69 Å². The van der Waals surface area contributed by atoms with Crippen molar-refractivity contribution >= 4 is 11.6 Å². The van der Waals surface area contributed by atoms with Crippen molar-refractivity contribution in [3.05, 3.63) is 30.1 Å². The molecule has 8 nitrogen and oxygen atoms in total. The van der Waals surface area contributed by atoms with Crippen molar-refractivity contribution in [2.75, 3.05) is 12.3 Å². The van der Waals surface area contributed by atoms with E-state index in [2.05, 4.69) is 25.9 Å². The van der Waals surface area contributed by atoms with Crippen LogP contribution in [0.1, 0.15) is 12.2 Å². The number of rotatable bonds is 6. The first kappa shape index (κ1) is 12.8. The SMILES string of the molecule is Nc1ccccc1OCCC(=O)NCc1nn[nH]n1. The van der Waals surface area contributed by atoms with E-state index in [4.69, 9.17) is 10.5 Å². The number of aromatic nitrogens is 4. The summed E-state index contributed by atoms with van der Waals surface area (Å²) in [6.45, 7) is 0.495. The van der Waals surface area contributed by atoms with Crippen LogP contribution in [-0.2, 0) is 11.3 Å². The van der Waals surface area contributed by atoms with Crippen LogP contribution < -0.4 is 15.8 Å². The zero-order valence-electron chi connectivity index (χ0n) is 10.2. The van der Waals surface area contributed by atoms with Crippen LogP contribution in [0.3, 0.4) is 0 Å². The Morgan fingerprint density at radius 2 is 2.26 bits per heavy atom. The number of hydrogen-bond donors (Lipinski definition) is 3.